The van der Waals surface area contributed by atoms with Crippen LogP contribution in [0.3, 0.4) is 0 Å². The Labute approximate surface area is 159 Å². The Morgan fingerprint density at radius 1 is 1.26 bits per heavy atom. The van der Waals surface area contributed by atoms with E-state index in [4.69, 9.17) is 0 Å². The summed E-state index contributed by atoms with van der Waals surface area (Å²) in [6.45, 7) is 1.94. The lowest BCUT2D eigenvalue weighted by Crippen LogP contribution is -2.35. The largest absolute Gasteiger partial charge is 0.505 e. The number of hydrogen-bond acceptors (Lipinski definition) is 6. The van der Waals surface area contributed by atoms with Gasteiger partial charge in [0, 0.05) is 16.3 Å². The molecular formula is C18H15N3O4S2. The normalized spacial score (nSPS) is 15.3. The first kappa shape index (κ1) is 17.5. The Kier molecular flexibility index (Phi) is 4.12. The average molecular weight is 401 g/mol. The molecule has 0 saturated carbocycles. The monoisotopic (exact) mass is 401 g/mol. The second kappa shape index (κ2) is 6.36. The molecule has 2 heterocycles. The molecule has 1 aliphatic rings. The molecule has 27 heavy (non-hydrogen) atoms. The summed E-state index contributed by atoms with van der Waals surface area (Å²) >= 11 is 1.23. The summed E-state index contributed by atoms with van der Waals surface area (Å²) in [6, 6.07) is 10.2. The predicted octanol–water partition coefficient (Wildman–Crippen LogP) is 3.02. The first-order valence-corrected chi connectivity index (χ1v) is 10.5. The standard InChI is InChI=1S/C18H15N3O4S2/c1-2-11-9-26-18(19-11)20-17(23)14-15(22)13-8-7-10-5-3-4-6-12(10)16(13)27(24,25)21-14/h3-9,21-22H,2H2,1H3,(H,19,20,23). The number of carbonyl (C=O) groups is 1. The summed E-state index contributed by atoms with van der Waals surface area (Å²) < 4.78 is 27.8. The number of hydrogen-bond donors (Lipinski definition) is 3. The van der Waals surface area contributed by atoms with Gasteiger partial charge >= 0.3 is 0 Å². The van der Waals surface area contributed by atoms with Crippen LogP contribution in [0.1, 0.15) is 18.2 Å². The van der Waals surface area contributed by atoms with Gasteiger partial charge in [-0.1, -0.05) is 37.3 Å². The lowest BCUT2D eigenvalue weighted by atomic mass is 10.0. The van der Waals surface area contributed by atoms with Crippen LogP contribution in [0.2, 0.25) is 0 Å². The summed E-state index contributed by atoms with van der Waals surface area (Å²) in [6.07, 6.45) is 0.716. The number of aryl methyl sites for hydroxylation is 1. The van der Waals surface area contributed by atoms with Crippen LogP contribution >= 0.6 is 11.3 Å². The number of aliphatic hydroxyl groups excluding tert-OH is 1. The summed E-state index contributed by atoms with van der Waals surface area (Å²) in [5.41, 5.74) is 0.478. The molecule has 2 aromatic carbocycles. The van der Waals surface area contributed by atoms with Gasteiger partial charge in [-0.15, -0.1) is 11.3 Å². The fraction of sp³-hybridized carbons (Fsp3) is 0.111. The maximum Gasteiger partial charge on any atom is 0.278 e. The lowest BCUT2D eigenvalue weighted by Gasteiger charge is -2.22. The highest BCUT2D eigenvalue weighted by Crippen LogP contribution is 2.35. The zero-order chi connectivity index (χ0) is 19.2. The van der Waals surface area contributed by atoms with E-state index in [-0.39, 0.29) is 10.5 Å². The van der Waals surface area contributed by atoms with Crippen LogP contribution in [0.5, 0.6) is 0 Å². The van der Waals surface area contributed by atoms with Crippen LogP contribution in [-0.4, -0.2) is 24.4 Å². The van der Waals surface area contributed by atoms with Crippen molar-refractivity contribution in [3.8, 4) is 0 Å². The fourth-order valence-corrected chi connectivity index (χ4v) is 5.21. The van der Waals surface area contributed by atoms with Gasteiger partial charge in [-0.2, -0.15) is 0 Å². The SMILES string of the molecule is CCc1csc(NC(=O)C2=C(O)c3ccc4ccccc4c3S(=O)(=O)N2)n1. The van der Waals surface area contributed by atoms with Crippen molar-refractivity contribution in [3.05, 3.63) is 58.7 Å². The number of anilines is 1. The van der Waals surface area contributed by atoms with Gasteiger partial charge in [-0.25, -0.2) is 13.4 Å². The van der Waals surface area contributed by atoms with Gasteiger partial charge in [0.25, 0.3) is 15.9 Å². The third-order valence-corrected chi connectivity index (χ3v) is 6.49. The van der Waals surface area contributed by atoms with Crippen LogP contribution < -0.4 is 10.0 Å². The van der Waals surface area contributed by atoms with E-state index in [9.17, 15) is 18.3 Å². The molecular weight excluding hydrogens is 386 g/mol. The van der Waals surface area contributed by atoms with Gasteiger partial charge in [0.1, 0.15) is 4.90 Å². The molecule has 138 valence electrons. The topological polar surface area (TPSA) is 108 Å². The second-order valence-corrected chi connectivity index (χ2v) is 8.42. The van der Waals surface area contributed by atoms with Crippen molar-refractivity contribution >= 4 is 48.9 Å². The fourth-order valence-electron chi connectivity index (χ4n) is 2.93. The minimum absolute atomic E-state index is 0.0443. The van der Waals surface area contributed by atoms with Crippen molar-refractivity contribution in [2.24, 2.45) is 0 Å². The first-order valence-electron chi connectivity index (χ1n) is 8.14. The van der Waals surface area contributed by atoms with Crippen LogP contribution in [-0.2, 0) is 21.2 Å². The number of nitrogens with one attached hydrogen (secondary N) is 2. The molecule has 9 heteroatoms. The minimum atomic E-state index is -4.03. The number of amides is 1. The number of fused-ring (bicyclic) bond motifs is 3. The third kappa shape index (κ3) is 2.94. The number of benzene rings is 2. The summed E-state index contributed by atoms with van der Waals surface area (Å²) in [7, 11) is -4.03. The van der Waals surface area contributed by atoms with Crippen LogP contribution in [0, 0.1) is 0 Å². The molecule has 0 spiro atoms. The molecule has 1 amide bonds. The molecule has 0 saturated heterocycles. The molecule has 3 N–H and O–H groups in total. The van der Waals surface area contributed by atoms with Gasteiger partial charge in [-0.05, 0) is 17.9 Å². The number of thiazole rings is 1. The maximum absolute atomic E-state index is 12.8. The van der Waals surface area contributed by atoms with Gasteiger partial charge < -0.3 is 5.11 Å². The highest BCUT2D eigenvalue weighted by Gasteiger charge is 2.34. The molecule has 0 radical (unpaired) electrons. The smallest absolute Gasteiger partial charge is 0.278 e. The first-order chi connectivity index (χ1) is 12.9. The Bertz CT molecular complexity index is 1210. The number of carbonyl (C=O) groups excluding carboxylic acids is 1. The van der Waals surface area contributed by atoms with E-state index in [1.807, 2.05) is 6.92 Å². The van der Waals surface area contributed by atoms with E-state index in [0.717, 1.165) is 11.1 Å². The van der Waals surface area contributed by atoms with Gasteiger partial charge in [-0.3, -0.25) is 14.8 Å². The highest BCUT2D eigenvalue weighted by atomic mass is 32.2. The van der Waals surface area contributed by atoms with E-state index in [1.165, 1.54) is 17.4 Å². The van der Waals surface area contributed by atoms with Crippen molar-refractivity contribution in [1.82, 2.24) is 9.71 Å². The number of sulfonamides is 1. The van der Waals surface area contributed by atoms with Crippen molar-refractivity contribution in [2.45, 2.75) is 18.2 Å². The molecule has 0 aliphatic carbocycles. The predicted molar refractivity (Wildman–Crippen MR) is 104 cm³/mol. The second-order valence-electron chi connectivity index (χ2n) is 5.94. The molecule has 0 unspecified atom stereocenters. The van der Waals surface area contributed by atoms with Crippen molar-refractivity contribution < 1.29 is 18.3 Å². The Morgan fingerprint density at radius 3 is 2.78 bits per heavy atom. The number of aromatic nitrogens is 1. The third-order valence-electron chi connectivity index (χ3n) is 4.24. The van der Waals surface area contributed by atoms with Crippen LogP contribution in [0.25, 0.3) is 16.5 Å². The average Bonchev–Trinajstić information content (AvgIpc) is 3.11. The Morgan fingerprint density at radius 2 is 2.04 bits per heavy atom. The van der Waals surface area contributed by atoms with Gasteiger partial charge in [0.15, 0.2) is 16.6 Å². The lowest BCUT2D eigenvalue weighted by molar-refractivity contribution is -0.113. The van der Waals surface area contributed by atoms with E-state index >= 15 is 0 Å². The molecule has 0 fully saturated rings. The van der Waals surface area contributed by atoms with Gasteiger partial charge in [0.05, 0.1) is 5.69 Å². The molecule has 3 aromatic rings. The zero-order valence-electron chi connectivity index (χ0n) is 14.2. The van der Waals surface area contributed by atoms with E-state index < -0.39 is 27.4 Å². The van der Waals surface area contributed by atoms with E-state index in [0.29, 0.717) is 16.9 Å². The van der Waals surface area contributed by atoms with Gasteiger partial charge in [0.2, 0.25) is 0 Å². The Balaban J connectivity index is 1.81. The molecule has 4 rings (SSSR count). The molecule has 0 atom stereocenters. The minimum Gasteiger partial charge on any atom is -0.505 e. The summed E-state index contributed by atoms with van der Waals surface area (Å²) in [4.78, 5) is 16.7. The van der Waals surface area contributed by atoms with E-state index in [1.54, 1.807) is 35.7 Å². The highest BCUT2D eigenvalue weighted by molar-refractivity contribution is 7.90. The molecule has 7 nitrogen and oxygen atoms in total. The van der Waals surface area contributed by atoms with Crippen molar-refractivity contribution in [1.29, 1.82) is 0 Å². The molecule has 1 aromatic heterocycles. The summed E-state index contributed by atoms with van der Waals surface area (Å²) in [5, 5.41) is 16.4. The molecule has 0 bridgehead atoms. The zero-order valence-corrected chi connectivity index (χ0v) is 15.8. The van der Waals surface area contributed by atoms with Crippen molar-refractivity contribution in [2.75, 3.05) is 5.32 Å². The van der Waals surface area contributed by atoms with E-state index in [2.05, 4.69) is 15.0 Å². The Hall–Kier alpha value is -2.91. The number of aliphatic hydroxyl groups is 1. The van der Waals surface area contributed by atoms with Crippen molar-refractivity contribution in [3.63, 3.8) is 0 Å². The number of nitrogens with zero attached hydrogens (tertiary/aromatic N) is 1. The maximum atomic E-state index is 12.8. The number of rotatable bonds is 3. The van der Waals surface area contributed by atoms with Crippen LogP contribution in [0.4, 0.5) is 5.13 Å². The molecule has 1 aliphatic heterocycles. The summed E-state index contributed by atoms with van der Waals surface area (Å²) in [5.74, 6) is -1.19. The quantitative estimate of drug-likeness (QED) is 0.625. The van der Waals surface area contributed by atoms with Crippen LogP contribution in [0.15, 0.2) is 52.4 Å².